The van der Waals surface area contributed by atoms with Gasteiger partial charge in [-0.1, -0.05) is 11.6 Å². The minimum Gasteiger partial charge on any atom is -0.398 e. The molecule has 0 amide bonds. The van der Waals surface area contributed by atoms with Crippen molar-refractivity contribution in [2.45, 2.75) is 5.12 Å². The molecule has 1 heterocycles. The van der Waals surface area contributed by atoms with Crippen LogP contribution >= 0.6 is 24.0 Å². The van der Waals surface area contributed by atoms with E-state index in [1.54, 1.807) is 18.4 Å². The summed E-state index contributed by atoms with van der Waals surface area (Å²) in [5, 5.41) is 1.59. The maximum Gasteiger partial charge on any atom is 0.204 e. The van der Waals surface area contributed by atoms with Gasteiger partial charge in [-0.3, -0.25) is 5.73 Å². The minimum atomic E-state index is -1.09. The van der Waals surface area contributed by atoms with E-state index in [9.17, 15) is 0 Å². The van der Waals surface area contributed by atoms with Crippen molar-refractivity contribution in [1.82, 2.24) is 5.32 Å². The normalized spacial score (nSPS) is 30.0. The van der Waals surface area contributed by atoms with E-state index >= 15 is 0 Å². The molecule has 3 nitrogen and oxygen atoms in total. The summed E-state index contributed by atoms with van der Waals surface area (Å²) >= 11 is 5.64. The maximum absolute atomic E-state index is 5.64. The Morgan fingerprint density at radius 3 is 2.50 bits per heavy atom. The van der Waals surface area contributed by atoms with Gasteiger partial charge < -0.3 is 11.1 Å². The molecule has 0 spiro atoms. The summed E-state index contributed by atoms with van der Waals surface area (Å²) in [6, 6.07) is 0. The SMILES string of the molecule is Cl.NC1=CC=CNC1(N)Cl. The number of nitrogens with one attached hydrogen (secondary N) is 1. The minimum absolute atomic E-state index is 0. The molecule has 0 saturated heterocycles. The molecule has 5 N–H and O–H groups in total. The summed E-state index contributed by atoms with van der Waals surface area (Å²) in [5.74, 6) is 0. The summed E-state index contributed by atoms with van der Waals surface area (Å²) in [5.41, 5.74) is 11.3. The molecule has 0 bridgehead atoms. The molecule has 0 aromatic rings. The molecule has 1 unspecified atom stereocenters. The van der Waals surface area contributed by atoms with Crippen LogP contribution in [0.25, 0.3) is 0 Å². The third-order valence-corrected chi connectivity index (χ3v) is 1.41. The highest BCUT2D eigenvalue weighted by Crippen LogP contribution is 2.13. The van der Waals surface area contributed by atoms with Gasteiger partial charge in [0.05, 0.1) is 5.70 Å². The largest absolute Gasteiger partial charge is 0.398 e. The van der Waals surface area contributed by atoms with Crippen LogP contribution in [0.4, 0.5) is 0 Å². The van der Waals surface area contributed by atoms with Gasteiger partial charge in [-0.25, -0.2) is 0 Å². The van der Waals surface area contributed by atoms with Gasteiger partial charge in [-0.05, 0) is 18.4 Å². The van der Waals surface area contributed by atoms with Crippen LogP contribution < -0.4 is 16.8 Å². The van der Waals surface area contributed by atoms with Crippen LogP contribution in [0.15, 0.2) is 24.0 Å². The van der Waals surface area contributed by atoms with Crippen molar-refractivity contribution in [3.05, 3.63) is 24.0 Å². The topological polar surface area (TPSA) is 64.1 Å². The van der Waals surface area contributed by atoms with Gasteiger partial charge in [0.1, 0.15) is 0 Å². The number of rotatable bonds is 0. The lowest BCUT2D eigenvalue weighted by Crippen LogP contribution is -2.50. The van der Waals surface area contributed by atoms with Gasteiger partial charge in [0, 0.05) is 0 Å². The second-order valence-corrected chi connectivity index (χ2v) is 2.43. The lowest BCUT2D eigenvalue weighted by atomic mass is 10.3. The number of allylic oxidation sites excluding steroid dienone is 2. The number of alkyl halides is 1. The summed E-state index contributed by atoms with van der Waals surface area (Å²) < 4.78 is 0. The van der Waals surface area contributed by atoms with E-state index in [0.29, 0.717) is 5.70 Å². The summed E-state index contributed by atoms with van der Waals surface area (Å²) in [6.45, 7) is 0. The van der Waals surface area contributed by atoms with Crippen LogP contribution in [0, 0.1) is 0 Å². The van der Waals surface area contributed by atoms with E-state index in [4.69, 9.17) is 23.1 Å². The number of dihydropyridines is 1. The zero-order valence-corrected chi connectivity index (χ0v) is 6.75. The van der Waals surface area contributed by atoms with E-state index in [2.05, 4.69) is 5.32 Å². The summed E-state index contributed by atoms with van der Waals surface area (Å²) in [7, 11) is 0. The number of hydrogen-bond acceptors (Lipinski definition) is 3. The fraction of sp³-hybridized carbons (Fsp3) is 0.200. The Kier molecular flexibility index (Phi) is 3.02. The van der Waals surface area contributed by atoms with Gasteiger partial charge >= 0.3 is 0 Å². The Balaban J connectivity index is 0.000000810. The number of hydrogen-bond donors (Lipinski definition) is 3. The molecule has 0 aromatic heterocycles. The van der Waals surface area contributed by atoms with Crippen LogP contribution in [-0.2, 0) is 0 Å². The molecule has 1 aliphatic heterocycles. The molecule has 0 aromatic carbocycles. The Labute approximate surface area is 70.5 Å². The highest BCUT2D eigenvalue weighted by atomic mass is 35.5. The van der Waals surface area contributed by atoms with Crippen LogP contribution in [0.1, 0.15) is 0 Å². The predicted molar refractivity (Wildman–Crippen MR) is 44.6 cm³/mol. The van der Waals surface area contributed by atoms with Crippen molar-refractivity contribution in [1.29, 1.82) is 0 Å². The van der Waals surface area contributed by atoms with E-state index in [1.165, 1.54) is 0 Å². The van der Waals surface area contributed by atoms with Crippen molar-refractivity contribution in [2.75, 3.05) is 0 Å². The van der Waals surface area contributed by atoms with Crippen molar-refractivity contribution < 1.29 is 0 Å². The highest BCUT2D eigenvalue weighted by molar-refractivity contribution is 6.25. The van der Waals surface area contributed by atoms with Gasteiger partial charge in [0.2, 0.25) is 5.12 Å². The average molecular weight is 182 g/mol. The molecule has 0 saturated carbocycles. The first-order chi connectivity index (χ1) is 4.13. The van der Waals surface area contributed by atoms with Crippen molar-refractivity contribution in [3.8, 4) is 0 Å². The van der Waals surface area contributed by atoms with Crippen LogP contribution in [0.3, 0.4) is 0 Å². The first-order valence-electron chi connectivity index (χ1n) is 2.51. The van der Waals surface area contributed by atoms with Crippen LogP contribution in [0.2, 0.25) is 0 Å². The third kappa shape index (κ3) is 1.80. The zero-order chi connectivity index (χ0) is 6.91. The molecular formula is C5H9Cl2N3. The Morgan fingerprint density at radius 2 is 2.20 bits per heavy atom. The second kappa shape index (κ2) is 3.14. The first-order valence-corrected chi connectivity index (χ1v) is 2.89. The van der Waals surface area contributed by atoms with Crippen molar-refractivity contribution >= 4 is 24.0 Å². The molecule has 1 aliphatic rings. The van der Waals surface area contributed by atoms with E-state index in [0.717, 1.165) is 0 Å². The third-order valence-electron chi connectivity index (χ3n) is 1.09. The zero-order valence-electron chi connectivity index (χ0n) is 5.17. The fourth-order valence-electron chi connectivity index (χ4n) is 0.526. The maximum atomic E-state index is 5.64. The quantitative estimate of drug-likeness (QED) is 0.371. The first kappa shape index (κ1) is 9.62. The lowest BCUT2D eigenvalue weighted by molar-refractivity contribution is 0.608. The number of halogens is 2. The van der Waals surface area contributed by atoms with Crippen LogP contribution in [0.5, 0.6) is 0 Å². The van der Waals surface area contributed by atoms with Gasteiger partial charge in [-0.2, -0.15) is 0 Å². The molecule has 10 heavy (non-hydrogen) atoms. The van der Waals surface area contributed by atoms with Crippen molar-refractivity contribution in [3.63, 3.8) is 0 Å². The van der Waals surface area contributed by atoms with E-state index < -0.39 is 5.12 Å². The summed E-state index contributed by atoms with van der Waals surface area (Å²) in [6.07, 6.45) is 5.04. The smallest absolute Gasteiger partial charge is 0.204 e. The standard InChI is InChI=1S/C5H8ClN3.ClH/c6-5(8)4(7)2-1-3-9-5;/h1-3,9H,7-8H2;1H. The van der Waals surface area contributed by atoms with Crippen molar-refractivity contribution in [2.24, 2.45) is 11.5 Å². The Bertz CT molecular complexity index is 174. The van der Waals surface area contributed by atoms with Gasteiger partial charge in [-0.15, -0.1) is 12.4 Å². The molecule has 1 atom stereocenters. The van der Waals surface area contributed by atoms with Crippen LogP contribution in [-0.4, -0.2) is 5.12 Å². The predicted octanol–water partition coefficient (Wildman–Crippen LogP) is 0.219. The lowest BCUT2D eigenvalue weighted by Gasteiger charge is -2.24. The highest BCUT2D eigenvalue weighted by Gasteiger charge is 2.23. The molecule has 58 valence electrons. The van der Waals surface area contributed by atoms with E-state index in [1.807, 2.05) is 0 Å². The molecule has 5 heteroatoms. The molecule has 0 fully saturated rings. The Morgan fingerprint density at radius 1 is 1.60 bits per heavy atom. The van der Waals surface area contributed by atoms with Gasteiger partial charge in [0.15, 0.2) is 0 Å². The molecule has 0 aliphatic carbocycles. The average Bonchev–Trinajstić information content (AvgIpc) is 1.77. The second-order valence-electron chi connectivity index (χ2n) is 1.84. The molecule has 1 rings (SSSR count). The monoisotopic (exact) mass is 181 g/mol. The van der Waals surface area contributed by atoms with Gasteiger partial charge in [0.25, 0.3) is 0 Å². The number of nitrogens with two attached hydrogens (primary N) is 2. The molecule has 0 radical (unpaired) electrons. The van der Waals surface area contributed by atoms with E-state index in [-0.39, 0.29) is 12.4 Å². The fourth-order valence-corrected chi connectivity index (χ4v) is 0.652. The summed E-state index contributed by atoms with van der Waals surface area (Å²) in [4.78, 5) is 0. The Hall–Kier alpha value is -0.380. The molecular weight excluding hydrogens is 173 g/mol.